The van der Waals surface area contributed by atoms with Crippen molar-refractivity contribution in [1.29, 1.82) is 0 Å². The van der Waals surface area contributed by atoms with Gasteiger partial charge in [0.15, 0.2) is 0 Å². The molecule has 0 atom stereocenters. The lowest BCUT2D eigenvalue weighted by molar-refractivity contribution is 0.595. The van der Waals surface area contributed by atoms with E-state index in [4.69, 9.17) is 0 Å². The quantitative estimate of drug-likeness (QED) is 0.330. The topological polar surface area (TPSA) is 24.4 Å². The molecule has 1 aromatic carbocycles. The first-order valence-corrected chi connectivity index (χ1v) is 7.67. The summed E-state index contributed by atoms with van der Waals surface area (Å²) in [4.78, 5) is 0. The normalized spacial score (nSPS) is 11.6. The first-order chi connectivity index (χ1) is 9.33. The second kappa shape index (κ2) is 10.6. The van der Waals surface area contributed by atoms with Gasteiger partial charge in [-0.1, -0.05) is 63.6 Å². The Morgan fingerprint density at radius 3 is 2.26 bits per heavy atom. The fraction of sp³-hybridized carbons (Fsp3) is 0.588. The molecule has 0 aliphatic rings. The van der Waals surface area contributed by atoms with E-state index < -0.39 is 0 Å². The van der Waals surface area contributed by atoms with Crippen LogP contribution in [0.3, 0.4) is 0 Å². The lowest BCUT2D eigenvalue weighted by atomic mass is 10.1. The minimum Gasteiger partial charge on any atom is -0.279 e. The number of hydrogen-bond donors (Lipinski definition) is 1. The van der Waals surface area contributed by atoms with Gasteiger partial charge in [-0.3, -0.25) is 5.43 Å². The molecule has 0 saturated heterocycles. The molecule has 19 heavy (non-hydrogen) atoms. The Morgan fingerprint density at radius 2 is 1.58 bits per heavy atom. The Labute approximate surface area is 118 Å². The third kappa shape index (κ3) is 8.41. The van der Waals surface area contributed by atoms with Gasteiger partial charge in [0.2, 0.25) is 0 Å². The molecule has 1 N–H and O–H groups in total. The Morgan fingerprint density at radius 1 is 0.947 bits per heavy atom. The molecular weight excluding hydrogens is 232 g/mol. The van der Waals surface area contributed by atoms with E-state index in [1.807, 2.05) is 30.3 Å². The summed E-state index contributed by atoms with van der Waals surface area (Å²) in [6.07, 6.45) is 10.6. The van der Waals surface area contributed by atoms with Gasteiger partial charge in [0.05, 0.1) is 5.69 Å². The molecule has 2 nitrogen and oxygen atoms in total. The van der Waals surface area contributed by atoms with Crippen molar-refractivity contribution in [1.82, 2.24) is 0 Å². The number of para-hydroxylation sites is 1. The van der Waals surface area contributed by atoms with Gasteiger partial charge in [-0.25, -0.2) is 0 Å². The van der Waals surface area contributed by atoms with Crippen LogP contribution in [0.2, 0.25) is 0 Å². The summed E-state index contributed by atoms with van der Waals surface area (Å²) in [6, 6.07) is 10.1. The van der Waals surface area contributed by atoms with Crippen molar-refractivity contribution in [3.05, 3.63) is 30.3 Å². The molecule has 0 saturated carbocycles. The molecular formula is C17H28N2. The summed E-state index contributed by atoms with van der Waals surface area (Å²) >= 11 is 0. The highest BCUT2D eigenvalue weighted by Crippen LogP contribution is 2.09. The molecule has 0 unspecified atom stereocenters. The van der Waals surface area contributed by atoms with Gasteiger partial charge in [-0.15, -0.1) is 0 Å². The third-order valence-electron chi connectivity index (χ3n) is 3.29. The molecule has 0 aromatic heterocycles. The monoisotopic (exact) mass is 260 g/mol. The number of unbranched alkanes of at least 4 members (excludes halogenated alkanes) is 6. The van der Waals surface area contributed by atoms with Crippen LogP contribution < -0.4 is 5.43 Å². The Kier molecular flexibility index (Phi) is 8.78. The van der Waals surface area contributed by atoms with Crippen molar-refractivity contribution in [2.45, 2.75) is 65.2 Å². The van der Waals surface area contributed by atoms with E-state index in [9.17, 15) is 0 Å². The first kappa shape index (κ1) is 15.7. The summed E-state index contributed by atoms with van der Waals surface area (Å²) in [5.41, 5.74) is 5.35. The van der Waals surface area contributed by atoms with Crippen LogP contribution in [0.15, 0.2) is 35.4 Å². The van der Waals surface area contributed by atoms with Gasteiger partial charge >= 0.3 is 0 Å². The van der Waals surface area contributed by atoms with Crippen LogP contribution in [0.25, 0.3) is 0 Å². The highest BCUT2D eigenvalue weighted by atomic mass is 15.3. The number of benzene rings is 1. The molecule has 0 spiro atoms. The summed E-state index contributed by atoms with van der Waals surface area (Å²) in [5, 5.41) is 4.41. The standard InChI is InChI=1S/C17H28N2/c1-3-4-5-6-7-8-10-13-16(2)18-19-17-14-11-9-12-15-17/h9,11-12,14-15,19H,3-8,10,13H2,1-2H3/b18-16+. The molecule has 1 rings (SSSR count). The van der Waals surface area contributed by atoms with Gasteiger partial charge < -0.3 is 0 Å². The molecule has 0 amide bonds. The Balaban J connectivity index is 2.05. The van der Waals surface area contributed by atoms with Crippen LogP contribution in [-0.4, -0.2) is 5.71 Å². The fourth-order valence-electron chi connectivity index (χ4n) is 2.07. The maximum Gasteiger partial charge on any atom is 0.0561 e. The average molecular weight is 260 g/mol. The van der Waals surface area contributed by atoms with Crippen molar-refractivity contribution in [2.24, 2.45) is 5.10 Å². The van der Waals surface area contributed by atoms with Crippen LogP contribution in [0.5, 0.6) is 0 Å². The largest absolute Gasteiger partial charge is 0.279 e. The van der Waals surface area contributed by atoms with Gasteiger partial charge in [0.25, 0.3) is 0 Å². The number of hydrazone groups is 1. The number of hydrogen-bond acceptors (Lipinski definition) is 2. The highest BCUT2D eigenvalue weighted by Gasteiger charge is 1.94. The second-order valence-electron chi connectivity index (χ2n) is 5.20. The van der Waals surface area contributed by atoms with Gasteiger partial charge in [0.1, 0.15) is 0 Å². The molecule has 0 aliphatic carbocycles. The molecule has 0 bridgehead atoms. The third-order valence-corrected chi connectivity index (χ3v) is 3.29. The molecule has 0 aliphatic heterocycles. The minimum absolute atomic E-state index is 1.06. The first-order valence-electron chi connectivity index (χ1n) is 7.67. The van der Waals surface area contributed by atoms with Crippen LogP contribution in [0, 0.1) is 0 Å². The van der Waals surface area contributed by atoms with E-state index in [1.165, 1.54) is 50.7 Å². The lowest BCUT2D eigenvalue weighted by Gasteiger charge is -2.03. The summed E-state index contributed by atoms with van der Waals surface area (Å²) in [6.45, 7) is 4.37. The summed E-state index contributed by atoms with van der Waals surface area (Å²) in [7, 11) is 0. The maximum absolute atomic E-state index is 4.41. The highest BCUT2D eigenvalue weighted by molar-refractivity contribution is 5.82. The van der Waals surface area contributed by atoms with Crippen LogP contribution in [0.4, 0.5) is 5.69 Å². The Bertz CT molecular complexity index is 344. The van der Waals surface area contributed by atoms with Crippen LogP contribution in [0.1, 0.15) is 65.2 Å². The fourth-order valence-corrected chi connectivity index (χ4v) is 2.07. The summed E-state index contributed by atoms with van der Waals surface area (Å²) in [5.74, 6) is 0. The maximum atomic E-state index is 4.41. The van der Waals surface area contributed by atoms with Crippen molar-refractivity contribution >= 4 is 11.4 Å². The number of anilines is 1. The smallest absolute Gasteiger partial charge is 0.0561 e. The molecule has 0 radical (unpaired) electrons. The van der Waals surface area contributed by atoms with Gasteiger partial charge in [-0.05, 0) is 31.9 Å². The van der Waals surface area contributed by atoms with Gasteiger partial charge in [-0.2, -0.15) is 5.10 Å². The van der Waals surface area contributed by atoms with Crippen LogP contribution >= 0.6 is 0 Å². The predicted octanol–water partition coefficient (Wildman–Crippen LogP) is 5.62. The summed E-state index contributed by atoms with van der Waals surface area (Å²) < 4.78 is 0. The predicted molar refractivity (Wildman–Crippen MR) is 85.8 cm³/mol. The SMILES string of the molecule is CCCCCCCCC/C(C)=N/Nc1ccccc1. The molecule has 106 valence electrons. The van der Waals surface area contributed by atoms with E-state index in [1.54, 1.807) is 0 Å². The molecule has 1 aromatic rings. The van der Waals surface area contributed by atoms with Crippen molar-refractivity contribution < 1.29 is 0 Å². The number of nitrogens with zero attached hydrogens (tertiary/aromatic N) is 1. The Hall–Kier alpha value is -1.31. The molecule has 2 heteroatoms. The molecule has 0 fully saturated rings. The van der Waals surface area contributed by atoms with E-state index in [0.29, 0.717) is 0 Å². The van der Waals surface area contributed by atoms with E-state index in [-0.39, 0.29) is 0 Å². The van der Waals surface area contributed by atoms with Crippen molar-refractivity contribution in [3.8, 4) is 0 Å². The zero-order chi connectivity index (χ0) is 13.8. The zero-order valence-electron chi connectivity index (χ0n) is 12.5. The lowest BCUT2D eigenvalue weighted by Crippen LogP contribution is -1.97. The zero-order valence-corrected chi connectivity index (χ0v) is 12.5. The minimum atomic E-state index is 1.06. The molecule has 0 heterocycles. The number of nitrogens with one attached hydrogen (secondary N) is 1. The van der Waals surface area contributed by atoms with E-state index in [0.717, 1.165) is 12.1 Å². The van der Waals surface area contributed by atoms with E-state index in [2.05, 4.69) is 24.4 Å². The number of rotatable bonds is 10. The van der Waals surface area contributed by atoms with Gasteiger partial charge in [0, 0.05) is 5.71 Å². The average Bonchev–Trinajstić information content (AvgIpc) is 2.45. The van der Waals surface area contributed by atoms with Crippen molar-refractivity contribution in [2.75, 3.05) is 5.43 Å². The van der Waals surface area contributed by atoms with Crippen molar-refractivity contribution in [3.63, 3.8) is 0 Å². The van der Waals surface area contributed by atoms with Crippen LogP contribution in [-0.2, 0) is 0 Å². The second-order valence-corrected chi connectivity index (χ2v) is 5.20. The van der Waals surface area contributed by atoms with E-state index >= 15 is 0 Å².